The van der Waals surface area contributed by atoms with Crippen molar-refractivity contribution in [1.29, 1.82) is 0 Å². The molecule has 0 heterocycles. The van der Waals surface area contributed by atoms with Crippen molar-refractivity contribution < 1.29 is 27.5 Å². The zero-order valence-corrected chi connectivity index (χ0v) is 13.9. The zero-order valence-electron chi connectivity index (χ0n) is 13.9. The lowest BCUT2D eigenvalue weighted by atomic mass is 10.1. The van der Waals surface area contributed by atoms with Crippen LogP contribution in [-0.2, 0) is 16.0 Å². The number of benzene rings is 2. The van der Waals surface area contributed by atoms with E-state index in [0.717, 1.165) is 5.56 Å². The van der Waals surface area contributed by atoms with Gasteiger partial charge < -0.3 is 15.4 Å². The number of nitrogens with one attached hydrogen (secondary N) is 2. The molecular formula is C18H17F3N2O3. The molecule has 0 aliphatic carbocycles. The van der Waals surface area contributed by atoms with E-state index in [1.165, 1.54) is 18.2 Å². The van der Waals surface area contributed by atoms with Crippen LogP contribution in [0.25, 0.3) is 0 Å². The quantitative estimate of drug-likeness (QED) is 0.818. The minimum absolute atomic E-state index is 0.102. The maximum atomic E-state index is 12.4. The summed E-state index contributed by atoms with van der Waals surface area (Å²) in [6.45, 7) is 0. The van der Waals surface area contributed by atoms with E-state index in [1.54, 1.807) is 30.6 Å². The Kier molecular flexibility index (Phi) is 6.21. The lowest BCUT2D eigenvalue weighted by Gasteiger charge is -2.13. The number of hydrogen-bond acceptors (Lipinski definition) is 3. The molecule has 26 heavy (non-hydrogen) atoms. The third-order valence-corrected chi connectivity index (χ3v) is 3.51. The first-order valence-electron chi connectivity index (χ1n) is 7.69. The van der Waals surface area contributed by atoms with Crippen molar-refractivity contribution in [3.63, 3.8) is 0 Å². The van der Waals surface area contributed by atoms with E-state index in [1.807, 2.05) is 12.1 Å². The van der Waals surface area contributed by atoms with Crippen LogP contribution in [0, 0.1) is 0 Å². The highest BCUT2D eigenvalue weighted by atomic mass is 19.4. The van der Waals surface area contributed by atoms with Crippen LogP contribution in [-0.4, -0.2) is 25.1 Å². The average molecular weight is 366 g/mol. The highest BCUT2D eigenvalue weighted by Gasteiger charge is 2.39. The molecule has 0 unspecified atom stereocenters. The van der Waals surface area contributed by atoms with Gasteiger partial charge in [-0.25, -0.2) is 0 Å². The van der Waals surface area contributed by atoms with Gasteiger partial charge in [-0.2, -0.15) is 13.2 Å². The van der Waals surface area contributed by atoms with Crippen LogP contribution in [0.15, 0.2) is 48.5 Å². The molecular weight excluding hydrogens is 349 g/mol. The number of hydrogen-bond donors (Lipinski definition) is 2. The Hall–Kier alpha value is -3.03. The summed E-state index contributed by atoms with van der Waals surface area (Å²) in [5.74, 6) is -1.78. The lowest BCUT2D eigenvalue weighted by Crippen LogP contribution is -2.30. The summed E-state index contributed by atoms with van der Waals surface area (Å²) < 4.78 is 42.2. The Bertz CT molecular complexity index is 774. The number of halogens is 3. The Balaban J connectivity index is 1.97. The van der Waals surface area contributed by atoms with Gasteiger partial charge in [-0.15, -0.1) is 0 Å². The number of para-hydroxylation sites is 2. The molecule has 8 heteroatoms. The van der Waals surface area contributed by atoms with Crippen LogP contribution in [0.3, 0.4) is 0 Å². The summed E-state index contributed by atoms with van der Waals surface area (Å²) in [5.41, 5.74) is 0.900. The summed E-state index contributed by atoms with van der Waals surface area (Å²) in [6.07, 6.45) is -4.42. The number of aryl methyl sites for hydroxylation is 1. The molecule has 0 saturated carbocycles. The van der Waals surface area contributed by atoms with E-state index >= 15 is 0 Å². The number of ether oxygens (including phenoxy) is 1. The highest BCUT2D eigenvalue weighted by molar-refractivity contribution is 6.01. The van der Waals surface area contributed by atoms with Gasteiger partial charge in [0.05, 0.1) is 18.5 Å². The number of carbonyl (C=O) groups is 2. The average Bonchev–Trinajstić information content (AvgIpc) is 2.61. The second-order valence-electron chi connectivity index (χ2n) is 5.39. The number of carbonyl (C=O) groups excluding carboxylic acids is 2. The van der Waals surface area contributed by atoms with Gasteiger partial charge in [0.15, 0.2) is 0 Å². The van der Waals surface area contributed by atoms with E-state index in [-0.39, 0.29) is 23.7 Å². The molecule has 2 amide bonds. The van der Waals surface area contributed by atoms with E-state index in [9.17, 15) is 22.8 Å². The number of alkyl halides is 3. The molecule has 0 radical (unpaired) electrons. The minimum Gasteiger partial charge on any atom is -0.497 e. The van der Waals surface area contributed by atoms with Crippen molar-refractivity contribution >= 4 is 23.2 Å². The summed E-state index contributed by atoms with van der Waals surface area (Å²) in [5, 5.41) is 4.26. The molecule has 2 rings (SSSR count). The fraction of sp³-hybridized carbons (Fsp3) is 0.222. The number of anilines is 2. The first-order chi connectivity index (χ1) is 12.3. The van der Waals surface area contributed by atoms with Gasteiger partial charge in [0.2, 0.25) is 5.91 Å². The Morgan fingerprint density at radius 2 is 1.54 bits per heavy atom. The molecule has 0 aliphatic rings. The fourth-order valence-electron chi connectivity index (χ4n) is 2.16. The third-order valence-electron chi connectivity index (χ3n) is 3.51. The molecule has 0 fully saturated rings. The molecule has 2 N–H and O–H groups in total. The largest absolute Gasteiger partial charge is 0.497 e. The summed E-state index contributed by atoms with van der Waals surface area (Å²) >= 11 is 0. The smallest absolute Gasteiger partial charge is 0.471 e. The maximum absolute atomic E-state index is 12.4. The van der Waals surface area contributed by atoms with Gasteiger partial charge in [-0.1, -0.05) is 24.3 Å². The lowest BCUT2D eigenvalue weighted by molar-refractivity contribution is -0.167. The fourth-order valence-corrected chi connectivity index (χ4v) is 2.16. The molecule has 2 aromatic rings. The van der Waals surface area contributed by atoms with Gasteiger partial charge in [0, 0.05) is 6.42 Å². The van der Waals surface area contributed by atoms with Crippen molar-refractivity contribution in [3.05, 3.63) is 54.1 Å². The second kappa shape index (κ2) is 8.37. The van der Waals surface area contributed by atoms with Crippen LogP contribution in [0.2, 0.25) is 0 Å². The van der Waals surface area contributed by atoms with E-state index in [0.29, 0.717) is 12.2 Å². The molecule has 0 aromatic heterocycles. The van der Waals surface area contributed by atoms with Crippen molar-refractivity contribution in [3.8, 4) is 5.75 Å². The SMILES string of the molecule is COc1ccc(CCC(=O)Nc2ccccc2NC(=O)C(F)(F)F)cc1. The molecule has 0 bridgehead atoms. The molecule has 2 aromatic carbocycles. The molecule has 138 valence electrons. The molecule has 5 nitrogen and oxygen atoms in total. The maximum Gasteiger partial charge on any atom is 0.471 e. The van der Waals surface area contributed by atoms with Crippen LogP contribution in [0.1, 0.15) is 12.0 Å². The van der Waals surface area contributed by atoms with E-state index < -0.39 is 12.1 Å². The Morgan fingerprint density at radius 1 is 0.962 bits per heavy atom. The molecule has 0 spiro atoms. The van der Waals surface area contributed by atoms with Gasteiger partial charge >= 0.3 is 12.1 Å². The monoisotopic (exact) mass is 366 g/mol. The first kappa shape index (κ1) is 19.3. The van der Waals surface area contributed by atoms with E-state index in [2.05, 4.69) is 5.32 Å². The molecule has 0 atom stereocenters. The van der Waals surface area contributed by atoms with Crippen LogP contribution in [0.4, 0.5) is 24.5 Å². The van der Waals surface area contributed by atoms with Crippen molar-refractivity contribution in [1.82, 2.24) is 0 Å². The van der Waals surface area contributed by atoms with E-state index in [4.69, 9.17) is 4.74 Å². The Morgan fingerprint density at radius 3 is 2.08 bits per heavy atom. The molecule has 0 aliphatic heterocycles. The van der Waals surface area contributed by atoms with Crippen LogP contribution >= 0.6 is 0 Å². The van der Waals surface area contributed by atoms with Crippen molar-refractivity contribution in [2.75, 3.05) is 17.7 Å². The standard InChI is InChI=1S/C18H17F3N2O3/c1-26-13-9-6-12(7-10-13)8-11-16(24)22-14-4-2-3-5-15(14)23-17(25)18(19,20)21/h2-7,9-10H,8,11H2,1H3,(H,22,24)(H,23,25). The number of rotatable bonds is 6. The topological polar surface area (TPSA) is 67.4 Å². The van der Waals surface area contributed by atoms with Gasteiger partial charge in [0.1, 0.15) is 5.75 Å². The first-order valence-corrected chi connectivity index (χ1v) is 7.69. The van der Waals surface area contributed by atoms with Crippen molar-refractivity contribution in [2.45, 2.75) is 19.0 Å². The number of methoxy groups -OCH3 is 1. The van der Waals surface area contributed by atoms with Crippen molar-refractivity contribution in [2.24, 2.45) is 0 Å². The second-order valence-corrected chi connectivity index (χ2v) is 5.39. The number of amides is 2. The van der Waals surface area contributed by atoms with Gasteiger partial charge in [-0.3, -0.25) is 9.59 Å². The van der Waals surface area contributed by atoms with Gasteiger partial charge in [0.25, 0.3) is 0 Å². The van der Waals surface area contributed by atoms with Crippen LogP contribution in [0.5, 0.6) is 5.75 Å². The zero-order chi connectivity index (χ0) is 19.2. The Labute approximate surface area is 148 Å². The van der Waals surface area contributed by atoms with Crippen LogP contribution < -0.4 is 15.4 Å². The predicted octanol–water partition coefficient (Wildman–Crippen LogP) is 3.77. The molecule has 0 saturated heterocycles. The minimum atomic E-state index is -5.01. The summed E-state index contributed by atoms with van der Waals surface area (Å²) in [4.78, 5) is 23.1. The summed E-state index contributed by atoms with van der Waals surface area (Å²) in [7, 11) is 1.55. The normalized spacial score (nSPS) is 10.9. The highest BCUT2D eigenvalue weighted by Crippen LogP contribution is 2.24. The van der Waals surface area contributed by atoms with Gasteiger partial charge in [-0.05, 0) is 36.2 Å². The third kappa shape index (κ3) is 5.51. The summed E-state index contributed by atoms with van der Waals surface area (Å²) in [6, 6.07) is 12.9. The predicted molar refractivity (Wildman–Crippen MR) is 91.1 cm³/mol.